The number of rotatable bonds is 1. The third kappa shape index (κ3) is 2.79. The van der Waals surface area contributed by atoms with Gasteiger partial charge in [-0.3, -0.25) is 9.59 Å². The number of methoxy groups -OCH3 is 1. The Balaban J connectivity index is 1.61. The number of hydrogen-bond acceptors (Lipinski definition) is 5. The molecule has 1 aromatic carbocycles. The summed E-state index contributed by atoms with van der Waals surface area (Å²) in [4.78, 5) is 26.2. The minimum Gasteiger partial charge on any atom is -0.504 e. The van der Waals surface area contributed by atoms with Gasteiger partial charge >= 0.3 is 5.97 Å². The first-order chi connectivity index (χ1) is 15.7. The van der Waals surface area contributed by atoms with Gasteiger partial charge in [0.1, 0.15) is 0 Å². The van der Waals surface area contributed by atoms with Crippen LogP contribution in [0.25, 0.3) is 0 Å². The van der Waals surface area contributed by atoms with E-state index in [-0.39, 0.29) is 50.8 Å². The van der Waals surface area contributed by atoms with Crippen LogP contribution < -0.4 is 0 Å². The van der Waals surface area contributed by atoms with Gasteiger partial charge in [0.25, 0.3) is 0 Å². The molecule has 1 unspecified atom stereocenters. The average molecular weight is 469 g/mol. The molecule has 3 fully saturated rings. The fraction of sp³-hybridized carbons (Fsp3) is 0.724. The van der Waals surface area contributed by atoms with Crippen molar-refractivity contribution in [2.24, 2.45) is 33.5 Å². The number of hydrogen-bond donors (Lipinski definition) is 2. The number of phenolic OH excluding ortho intramolecular Hbond substituents is 2. The minimum atomic E-state index is -0.459. The first kappa shape index (κ1) is 23.7. The van der Waals surface area contributed by atoms with Gasteiger partial charge in [-0.1, -0.05) is 27.7 Å². The molecule has 0 saturated heterocycles. The number of aromatic hydroxyl groups is 2. The van der Waals surface area contributed by atoms with Crippen LogP contribution in [0.15, 0.2) is 12.1 Å². The molecule has 0 bridgehead atoms. The lowest BCUT2D eigenvalue weighted by Crippen LogP contribution is -2.66. The summed E-state index contributed by atoms with van der Waals surface area (Å²) in [5.41, 5.74) is 0.879. The fourth-order valence-corrected chi connectivity index (χ4v) is 9.27. The van der Waals surface area contributed by atoms with Crippen LogP contribution in [-0.4, -0.2) is 29.1 Å². The monoisotopic (exact) mass is 468 g/mol. The number of ether oxygens (including phenoxy) is 1. The smallest absolute Gasteiger partial charge is 0.311 e. The van der Waals surface area contributed by atoms with E-state index < -0.39 is 5.41 Å². The van der Waals surface area contributed by atoms with E-state index in [0.29, 0.717) is 17.9 Å². The van der Waals surface area contributed by atoms with E-state index in [9.17, 15) is 19.8 Å². The Kier molecular flexibility index (Phi) is 4.88. The second-order valence-corrected chi connectivity index (χ2v) is 13.3. The maximum absolute atomic E-state index is 13.4. The van der Waals surface area contributed by atoms with Crippen molar-refractivity contribution in [2.75, 3.05) is 7.11 Å². The van der Waals surface area contributed by atoms with Crippen molar-refractivity contribution in [2.45, 2.75) is 91.4 Å². The number of esters is 1. The van der Waals surface area contributed by atoms with Gasteiger partial charge < -0.3 is 14.9 Å². The third-order valence-electron chi connectivity index (χ3n) is 11.8. The highest BCUT2D eigenvalue weighted by atomic mass is 16.5. The molecular weight excluding hydrogens is 428 g/mol. The summed E-state index contributed by atoms with van der Waals surface area (Å²) in [7, 11) is 1.50. The highest BCUT2D eigenvalue weighted by Gasteiger charge is 2.69. The Hall–Kier alpha value is -2.04. The van der Waals surface area contributed by atoms with Crippen molar-refractivity contribution in [1.29, 1.82) is 0 Å². The van der Waals surface area contributed by atoms with Crippen molar-refractivity contribution >= 4 is 11.8 Å². The van der Waals surface area contributed by atoms with Crippen molar-refractivity contribution in [3.8, 4) is 11.5 Å². The first-order valence-corrected chi connectivity index (χ1v) is 12.9. The van der Waals surface area contributed by atoms with E-state index in [0.717, 1.165) is 50.5 Å². The predicted molar refractivity (Wildman–Crippen MR) is 130 cm³/mol. The summed E-state index contributed by atoms with van der Waals surface area (Å²) in [5.74, 6) is 0.130. The summed E-state index contributed by atoms with van der Waals surface area (Å²) in [5, 5.41) is 20.4. The van der Waals surface area contributed by atoms with Gasteiger partial charge in [0.2, 0.25) is 0 Å². The predicted octanol–water partition coefficient (Wildman–Crippen LogP) is 6.14. The molecule has 5 heteroatoms. The first-order valence-electron chi connectivity index (χ1n) is 12.9. The lowest BCUT2D eigenvalue weighted by atomic mass is 9.32. The number of Topliss-reactive ketones (excluding diaryl/α,β-unsaturated/α-hetero) is 1. The Morgan fingerprint density at radius 2 is 1.47 bits per heavy atom. The molecule has 0 spiro atoms. The molecule has 2 N–H and O–H groups in total. The summed E-state index contributed by atoms with van der Waals surface area (Å²) in [6.07, 6.45) is 7.33. The minimum absolute atomic E-state index is 0.00335. The van der Waals surface area contributed by atoms with Crippen molar-refractivity contribution < 1.29 is 24.5 Å². The molecule has 3 saturated carbocycles. The molecule has 4 aliphatic carbocycles. The number of phenols is 2. The van der Waals surface area contributed by atoms with Crippen LogP contribution in [0.4, 0.5) is 0 Å². The van der Waals surface area contributed by atoms with Crippen molar-refractivity contribution in [1.82, 2.24) is 0 Å². The van der Waals surface area contributed by atoms with Gasteiger partial charge in [-0.15, -0.1) is 0 Å². The molecule has 5 rings (SSSR count). The van der Waals surface area contributed by atoms with Gasteiger partial charge in [-0.2, -0.15) is 0 Å². The molecule has 0 heterocycles. The van der Waals surface area contributed by atoms with Crippen LogP contribution in [0.1, 0.15) is 102 Å². The number of ketones is 1. The second kappa shape index (κ2) is 7.01. The van der Waals surface area contributed by atoms with Crippen LogP contribution in [0.3, 0.4) is 0 Å². The molecular formula is C29H40O5. The maximum atomic E-state index is 13.4. The number of benzene rings is 1. The quantitative estimate of drug-likeness (QED) is 0.382. The zero-order valence-electron chi connectivity index (χ0n) is 21.6. The largest absolute Gasteiger partial charge is 0.504 e. The summed E-state index contributed by atoms with van der Waals surface area (Å²) in [6, 6.07) is 3.11. The van der Waals surface area contributed by atoms with E-state index in [2.05, 4.69) is 34.6 Å². The Morgan fingerprint density at radius 3 is 2.15 bits per heavy atom. The fourth-order valence-electron chi connectivity index (χ4n) is 9.27. The lowest BCUT2D eigenvalue weighted by molar-refractivity contribution is -0.212. The van der Waals surface area contributed by atoms with Crippen molar-refractivity contribution in [3.63, 3.8) is 0 Å². The van der Waals surface area contributed by atoms with Gasteiger partial charge in [0, 0.05) is 12.0 Å². The van der Waals surface area contributed by atoms with Crippen LogP contribution >= 0.6 is 0 Å². The zero-order chi connectivity index (χ0) is 24.9. The zero-order valence-corrected chi connectivity index (χ0v) is 21.6. The highest BCUT2D eigenvalue weighted by Crippen LogP contribution is 2.75. The number of carbonyl (C=O) groups is 2. The van der Waals surface area contributed by atoms with Gasteiger partial charge in [-0.05, 0) is 103 Å². The average Bonchev–Trinajstić information content (AvgIpc) is 2.79. The molecule has 5 nitrogen and oxygen atoms in total. The van der Waals surface area contributed by atoms with Crippen LogP contribution in [0, 0.1) is 33.5 Å². The van der Waals surface area contributed by atoms with Crippen molar-refractivity contribution in [3.05, 3.63) is 23.3 Å². The molecule has 0 radical (unpaired) electrons. The van der Waals surface area contributed by atoms with E-state index in [1.165, 1.54) is 13.2 Å². The molecule has 0 aromatic heterocycles. The molecule has 4 aliphatic rings. The third-order valence-corrected chi connectivity index (χ3v) is 11.8. The second-order valence-electron chi connectivity index (χ2n) is 13.3. The lowest BCUT2D eigenvalue weighted by Gasteiger charge is -2.71. The number of fused-ring (bicyclic) bond motifs is 7. The molecule has 0 aliphatic heterocycles. The Bertz CT molecular complexity index is 1080. The highest BCUT2D eigenvalue weighted by molar-refractivity contribution is 6.00. The molecule has 0 amide bonds. The molecule has 34 heavy (non-hydrogen) atoms. The Labute approximate surface area is 203 Å². The molecule has 1 aromatic rings. The Morgan fingerprint density at radius 1 is 0.882 bits per heavy atom. The maximum Gasteiger partial charge on any atom is 0.311 e. The van der Waals surface area contributed by atoms with Gasteiger partial charge in [-0.25, -0.2) is 0 Å². The topological polar surface area (TPSA) is 83.8 Å². The number of carbonyl (C=O) groups excluding carboxylic acids is 2. The summed E-state index contributed by atoms with van der Waals surface area (Å²) < 4.78 is 5.25. The van der Waals surface area contributed by atoms with E-state index >= 15 is 0 Å². The summed E-state index contributed by atoms with van der Waals surface area (Å²) in [6.45, 7) is 11.6. The summed E-state index contributed by atoms with van der Waals surface area (Å²) >= 11 is 0. The van der Waals surface area contributed by atoms with Crippen LogP contribution in [0.2, 0.25) is 0 Å². The normalized spacial score (nSPS) is 45.4. The van der Waals surface area contributed by atoms with E-state index in [4.69, 9.17) is 4.74 Å². The SMILES string of the molecule is COC(=O)[C@]1(C)CC[C@]2(C)CC[C@]3(C)C4CC(=O)c5cc(O)c(O)cc5[C@]4(C)CC[C@@]3(C)[C@@H]2C1. The molecule has 186 valence electrons. The van der Waals surface area contributed by atoms with E-state index in [1.807, 2.05) is 0 Å². The van der Waals surface area contributed by atoms with Gasteiger partial charge in [0.15, 0.2) is 17.3 Å². The molecule has 7 atom stereocenters. The van der Waals surface area contributed by atoms with Gasteiger partial charge in [0.05, 0.1) is 12.5 Å². The van der Waals surface area contributed by atoms with Crippen LogP contribution in [-0.2, 0) is 14.9 Å². The van der Waals surface area contributed by atoms with E-state index in [1.54, 1.807) is 6.07 Å². The van der Waals surface area contributed by atoms with Crippen LogP contribution in [0.5, 0.6) is 11.5 Å². The standard InChI is InChI=1S/C29H40O5/c1-25-7-8-26(2,24(33)34-6)16-23(25)29(5)12-10-27(3)18-14-21(32)20(31)13-17(18)19(30)15-22(27)28(29,4)11-9-25/h13-14,22-23,31-32H,7-12,15-16H2,1-6H3/t22?,23-,25-,26-,27+,28-,29+/m1/s1.